The van der Waals surface area contributed by atoms with Gasteiger partial charge < -0.3 is 24.8 Å². The van der Waals surface area contributed by atoms with Crippen molar-refractivity contribution in [3.05, 3.63) is 12.2 Å². The van der Waals surface area contributed by atoms with Crippen molar-refractivity contribution in [3.63, 3.8) is 0 Å². The highest BCUT2D eigenvalue weighted by molar-refractivity contribution is 5.86. The first-order valence-corrected chi connectivity index (χ1v) is 11.2. The Morgan fingerprint density at radius 1 is 1.06 bits per heavy atom. The molecule has 1 aliphatic carbocycles. The molecular formula is C24H46N2O6. The first kappa shape index (κ1) is 32.1. The van der Waals surface area contributed by atoms with Crippen molar-refractivity contribution in [2.45, 2.75) is 79.7 Å². The normalized spacial score (nSPS) is 20.8. The van der Waals surface area contributed by atoms with E-state index >= 15 is 0 Å². The van der Waals surface area contributed by atoms with Crippen LogP contribution in [0.4, 0.5) is 4.79 Å². The van der Waals surface area contributed by atoms with Crippen LogP contribution in [-0.2, 0) is 23.8 Å². The minimum atomic E-state index is -0.528. The second-order valence-electron chi connectivity index (χ2n) is 9.36. The zero-order chi connectivity index (χ0) is 25.2. The number of methoxy groups -OCH3 is 1. The fraction of sp³-hybridized carbons (Fsp3) is 0.792. The summed E-state index contributed by atoms with van der Waals surface area (Å²) in [6, 6.07) is -0.0346. The van der Waals surface area contributed by atoms with E-state index in [2.05, 4.69) is 56.6 Å². The summed E-state index contributed by atoms with van der Waals surface area (Å²) in [6.45, 7) is 16.4. The molecule has 0 aromatic heterocycles. The summed E-state index contributed by atoms with van der Waals surface area (Å²) in [4.78, 5) is 33.8. The molecule has 0 radical (unpaired) electrons. The molecular weight excluding hydrogens is 412 g/mol. The molecule has 2 unspecified atom stereocenters. The molecule has 1 rings (SSSR count). The fourth-order valence-corrected chi connectivity index (χ4v) is 3.76. The van der Waals surface area contributed by atoms with E-state index in [0.29, 0.717) is 18.5 Å². The fourth-order valence-electron chi connectivity index (χ4n) is 3.76. The second kappa shape index (κ2) is 17.5. The monoisotopic (exact) mass is 458 g/mol. The molecule has 32 heavy (non-hydrogen) atoms. The standard InChI is InChI=1S/C18H30N2O5.C4H10.C2H6O/c1-13(2)15(22)24-6-7-25-16(23)20-14-8-17(3,4)10-18(5,9-14)11-19-12-21;1-3-4-2;1-3-2/h12,14H,1,6-11H2,2-5H3,(H,19,21)(H,20,23);3-4H2,1-2H3;1-2H3. The van der Waals surface area contributed by atoms with Crippen LogP contribution in [0.1, 0.15) is 73.6 Å². The molecule has 0 saturated heterocycles. The maximum atomic E-state index is 12.0. The Kier molecular flexibility index (Phi) is 17.5. The van der Waals surface area contributed by atoms with E-state index in [9.17, 15) is 14.4 Å². The summed E-state index contributed by atoms with van der Waals surface area (Å²) in [7, 11) is 3.25. The average molecular weight is 459 g/mol. The molecule has 1 fully saturated rings. The summed E-state index contributed by atoms with van der Waals surface area (Å²) in [6.07, 6.45) is 5.38. The third-order valence-corrected chi connectivity index (χ3v) is 4.78. The van der Waals surface area contributed by atoms with Gasteiger partial charge in [-0.1, -0.05) is 54.0 Å². The number of carbonyl (C=O) groups is 3. The predicted octanol–water partition coefficient (Wildman–Crippen LogP) is 4.23. The van der Waals surface area contributed by atoms with Gasteiger partial charge in [-0.05, 0) is 37.0 Å². The van der Waals surface area contributed by atoms with Gasteiger partial charge in [-0.2, -0.15) is 0 Å². The number of carbonyl (C=O) groups excluding carboxylic acids is 3. The average Bonchev–Trinajstić information content (AvgIpc) is 2.68. The van der Waals surface area contributed by atoms with Crippen LogP contribution in [0.5, 0.6) is 0 Å². The highest BCUT2D eigenvalue weighted by Crippen LogP contribution is 2.45. The molecule has 188 valence electrons. The van der Waals surface area contributed by atoms with E-state index in [4.69, 9.17) is 9.47 Å². The lowest BCUT2D eigenvalue weighted by atomic mass is 9.62. The van der Waals surface area contributed by atoms with E-state index in [1.165, 1.54) is 12.8 Å². The van der Waals surface area contributed by atoms with Crippen LogP contribution in [0.15, 0.2) is 12.2 Å². The van der Waals surface area contributed by atoms with Crippen molar-refractivity contribution >= 4 is 18.5 Å². The van der Waals surface area contributed by atoms with Crippen LogP contribution in [0.2, 0.25) is 0 Å². The molecule has 0 aliphatic heterocycles. The molecule has 2 atom stereocenters. The van der Waals surface area contributed by atoms with Crippen molar-refractivity contribution in [1.82, 2.24) is 10.6 Å². The highest BCUT2D eigenvalue weighted by Gasteiger charge is 2.41. The number of ether oxygens (including phenoxy) is 3. The van der Waals surface area contributed by atoms with Crippen molar-refractivity contribution in [1.29, 1.82) is 0 Å². The molecule has 1 aliphatic rings. The smallest absolute Gasteiger partial charge is 0.407 e. The lowest BCUT2D eigenvalue weighted by molar-refractivity contribution is -0.139. The molecule has 0 heterocycles. The van der Waals surface area contributed by atoms with Gasteiger partial charge in [0, 0.05) is 32.4 Å². The minimum absolute atomic E-state index is 0.00373. The van der Waals surface area contributed by atoms with E-state index in [-0.39, 0.29) is 30.1 Å². The molecule has 2 N–H and O–H groups in total. The van der Waals surface area contributed by atoms with Gasteiger partial charge in [-0.15, -0.1) is 0 Å². The summed E-state index contributed by atoms with van der Waals surface area (Å²) < 4.78 is 14.2. The Balaban J connectivity index is 0. The van der Waals surface area contributed by atoms with Crippen molar-refractivity contribution < 1.29 is 28.6 Å². The molecule has 0 aromatic rings. The molecule has 0 aromatic carbocycles. The van der Waals surface area contributed by atoms with Gasteiger partial charge in [0.25, 0.3) is 0 Å². The Morgan fingerprint density at radius 2 is 1.59 bits per heavy atom. The summed E-state index contributed by atoms with van der Waals surface area (Å²) in [5, 5.41) is 5.63. The predicted molar refractivity (Wildman–Crippen MR) is 127 cm³/mol. The minimum Gasteiger partial charge on any atom is -0.459 e. The van der Waals surface area contributed by atoms with Crippen molar-refractivity contribution in [2.24, 2.45) is 10.8 Å². The molecule has 8 nitrogen and oxygen atoms in total. The summed E-state index contributed by atoms with van der Waals surface area (Å²) in [5.74, 6) is -0.503. The van der Waals surface area contributed by atoms with Crippen molar-refractivity contribution in [2.75, 3.05) is 34.0 Å². The van der Waals surface area contributed by atoms with Crippen LogP contribution >= 0.6 is 0 Å². The topological polar surface area (TPSA) is 103 Å². The first-order valence-electron chi connectivity index (χ1n) is 11.2. The second-order valence-corrected chi connectivity index (χ2v) is 9.36. The van der Waals surface area contributed by atoms with Crippen molar-refractivity contribution in [3.8, 4) is 0 Å². The molecule has 8 heteroatoms. The van der Waals surface area contributed by atoms with E-state index in [1.54, 1.807) is 21.1 Å². The summed E-state index contributed by atoms with van der Waals surface area (Å²) >= 11 is 0. The first-order chi connectivity index (χ1) is 14.9. The Labute approximate surface area is 194 Å². The maximum Gasteiger partial charge on any atom is 0.407 e. The number of hydrogen-bond donors (Lipinski definition) is 2. The Hall–Kier alpha value is -2.09. The van der Waals surface area contributed by atoms with Crippen LogP contribution in [-0.4, -0.2) is 58.5 Å². The number of nitrogens with one attached hydrogen (secondary N) is 2. The highest BCUT2D eigenvalue weighted by atomic mass is 16.6. The van der Waals surface area contributed by atoms with Crippen LogP contribution < -0.4 is 10.6 Å². The van der Waals surface area contributed by atoms with Gasteiger partial charge in [-0.25, -0.2) is 9.59 Å². The van der Waals surface area contributed by atoms with E-state index < -0.39 is 12.1 Å². The van der Waals surface area contributed by atoms with Gasteiger partial charge >= 0.3 is 12.1 Å². The molecule has 2 amide bonds. The third-order valence-electron chi connectivity index (χ3n) is 4.78. The molecule has 0 bridgehead atoms. The van der Waals surface area contributed by atoms with Gasteiger partial charge in [0.2, 0.25) is 6.41 Å². The van der Waals surface area contributed by atoms with E-state index in [1.807, 2.05) is 0 Å². The number of amides is 2. The number of rotatable bonds is 9. The summed E-state index contributed by atoms with van der Waals surface area (Å²) in [5.41, 5.74) is 0.265. The largest absolute Gasteiger partial charge is 0.459 e. The quantitative estimate of drug-likeness (QED) is 0.232. The SMILES string of the molecule is C=C(C)C(=O)OCCOC(=O)NC1CC(C)(C)CC(C)(CNC=O)C1.CCCC.COC. The van der Waals surface area contributed by atoms with Crippen LogP contribution in [0.25, 0.3) is 0 Å². The molecule has 0 spiro atoms. The van der Waals surface area contributed by atoms with E-state index in [0.717, 1.165) is 19.3 Å². The lowest BCUT2D eigenvalue weighted by Gasteiger charge is -2.46. The zero-order valence-electron chi connectivity index (χ0n) is 21.5. The molecule has 1 saturated carbocycles. The van der Waals surface area contributed by atoms with Gasteiger partial charge in [0.1, 0.15) is 13.2 Å². The van der Waals surface area contributed by atoms with Crippen LogP contribution in [0.3, 0.4) is 0 Å². The zero-order valence-corrected chi connectivity index (χ0v) is 21.5. The van der Waals surface area contributed by atoms with Gasteiger partial charge in [-0.3, -0.25) is 4.79 Å². The maximum absolute atomic E-state index is 12.0. The number of alkyl carbamates (subject to hydrolysis) is 1. The number of esters is 1. The third kappa shape index (κ3) is 16.6. The Bertz CT molecular complexity index is 563. The van der Waals surface area contributed by atoms with Gasteiger partial charge in [0.15, 0.2) is 0 Å². The van der Waals surface area contributed by atoms with Crippen LogP contribution in [0, 0.1) is 10.8 Å². The van der Waals surface area contributed by atoms with Gasteiger partial charge in [0.05, 0.1) is 0 Å². The Morgan fingerprint density at radius 3 is 2.06 bits per heavy atom. The number of hydrogen-bond acceptors (Lipinski definition) is 6. The lowest BCUT2D eigenvalue weighted by Crippen LogP contribution is -2.49. The number of unbranched alkanes of at least 4 members (excludes halogenated alkanes) is 1.